The topological polar surface area (TPSA) is 96.7 Å². The van der Waals surface area contributed by atoms with Crippen molar-refractivity contribution in [2.75, 3.05) is 11.1 Å². The van der Waals surface area contributed by atoms with Crippen LogP contribution in [-0.2, 0) is 4.79 Å². The number of hydrogen-bond acceptors (Lipinski definition) is 6. The largest absolute Gasteiger partial charge is 0.360 e. The van der Waals surface area contributed by atoms with Crippen molar-refractivity contribution in [3.8, 4) is 0 Å². The van der Waals surface area contributed by atoms with Crippen LogP contribution < -0.4 is 5.32 Å². The van der Waals surface area contributed by atoms with Crippen LogP contribution in [0, 0.1) is 6.92 Å². The first kappa shape index (κ1) is 13.6. The van der Waals surface area contributed by atoms with Gasteiger partial charge in [0, 0.05) is 12.0 Å². The van der Waals surface area contributed by atoms with Crippen LogP contribution in [0.2, 0.25) is 0 Å². The highest BCUT2D eigenvalue weighted by Crippen LogP contribution is 2.16. The fourth-order valence-corrected chi connectivity index (χ4v) is 1.92. The number of nitrogens with one attached hydrogen (secondary N) is 2. The fourth-order valence-electron chi connectivity index (χ4n) is 1.32. The van der Waals surface area contributed by atoms with Crippen LogP contribution in [0.4, 0.5) is 5.82 Å². The lowest BCUT2D eigenvalue weighted by atomic mass is 10.2. The minimum absolute atomic E-state index is 0.172. The molecule has 0 bridgehead atoms. The van der Waals surface area contributed by atoms with Crippen LogP contribution in [0.15, 0.2) is 15.7 Å². The average Bonchev–Trinajstić information content (AvgIpc) is 2.96. The summed E-state index contributed by atoms with van der Waals surface area (Å²) in [6.07, 6.45) is 0. The van der Waals surface area contributed by atoms with Crippen molar-refractivity contribution < 1.29 is 9.32 Å². The van der Waals surface area contributed by atoms with Crippen LogP contribution in [0.5, 0.6) is 0 Å². The molecule has 2 aromatic heterocycles. The average molecular weight is 281 g/mol. The van der Waals surface area contributed by atoms with Gasteiger partial charge in [-0.1, -0.05) is 30.8 Å². The van der Waals surface area contributed by atoms with E-state index in [1.807, 2.05) is 13.8 Å². The molecule has 0 aliphatic heterocycles. The maximum Gasteiger partial charge on any atom is 0.236 e. The highest BCUT2D eigenvalue weighted by Gasteiger charge is 2.10. The van der Waals surface area contributed by atoms with E-state index in [9.17, 15) is 4.79 Å². The molecule has 0 unspecified atom stereocenters. The van der Waals surface area contributed by atoms with Crippen molar-refractivity contribution in [2.24, 2.45) is 0 Å². The Balaban J connectivity index is 1.82. The number of aromatic amines is 1. The van der Waals surface area contributed by atoms with Gasteiger partial charge >= 0.3 is 0 Å². The number of anilines is 1. The first-order chi connectivity index (χ1) is 9.04. The Bertz CT molecular complexity index is 563. The van der Waals surface area contributed by atoms with Crippen LogP contribution in [-0.4, -0.2) is 32.0 Å². The third-order valence-corrected chi connectivity index (χ3v) is 3.10. The van der Waals surface area contributed by atoms with E-state index < -0.39 is 0 Å². The van der Waals surface area contributed by atoms with E-state index in [1.54, 1.807) is 13.0 Å². The molecule has 2 N–H and O–H groups in total. The number of H-pyrrole nitrogens is 1. The molecule has 2 rings (SSSR count). The summed E-state index contributed by atoms with van der Waals surface area (Å²) in [6, 6.07) is 1.66. The van der Waals surface area contributed by atoms with Gasteiger partial charge in [-0.05, 0) is 6.92 Å². The van der Waals surface area contributed by atoms with Gasteiger partial charge < -0.3 is 9.84 Å². The quantitative estimate of drug-likeness (QED) is 0.813. The highest BCUT2D eigenvalue weighted by molar-refractivity contribution is 7.99. The first-order valence-electron chi connectivity index (χ1n) is 5.83. The van der Waals surface area contributed by atoms with Crippen molar-refractivity contribution >= 4 is 23.5 Å². The van der Waals surface area contributed by atoms with Gasteiger partial charge in [0.25, 0.3) is 0 Å². The number of carbonyl (C=O) groups excluding carboxylic acids is 1. The van der Waals surface area contributed by atoms with E-state index in [0.717, 1.165) is 5.82 Å². The second-order valence-corrected chi connectivity index (χ2v) is 5.26. The van der Waals surface area contributed by atoms with E-state index in [4.69, 9.17) is 4.52 Å². The molecule has 2 heterocycles. The molecule has 0 aliphatic rings. The van der Waals surface area contributed by atoms with Crippen LogP contribution >= 0.6 is 11.8 Å². The second-order valence-electron chi connectivity index (χ2n) is 4.32. The van der Waals surface area contributed by atoms with Crippen LogP contribution in [0.1, 0.15) is 31.4 Å². The third-order valence-electron chi connectivity index (χ3n) is 2.26. The zero-order valence-corrected chi connectivity index (χ0v) is 11.7. The van der Waals surface area contributed by atoms with E-state index in [0.29, 0.717) is 16.7 Å². The number of aryl methyl sites for hydroxylation is 1. The van der Waals surface area contributed by atoms with Crippen molar-refractivity contribution in [1.29, 1.82) is 0 Å². The summed E-state index contributed by atoms with van der Waals surface area (Å²) in [6.45, 7) is 5.81. The summed E-state index contributed by atoms with van der Waals surface area (Å²) >= 11 is 1.27. The number of aromatic nitrogens is 4. The first-order valence-corrected chi connectivity index (χ1v) is 6.81. The molecule has 0 saturated heterocycles. The van der Waals surface area contributed by atoms with Crippen molar-refractivity contribution in [3.63, 3.8) is 0 Å². The molecule has 0 aliphatic carbocycles. The minimum atomic E-state index is -0.172. The maximum atomic E-state index is 11.7. The van der Waals surface area contributed by atoms with E-state index in [-0.39, 0.29) is 17.6 Å². The predicted octanol–water partition coefficient (Wildman–Crippen LogP) is 1.96. The molecule has 0 fully saturated rings. The zero-order chi connectivity index (χ0) is 13.8. The summed E-state index contributed by atoms with van der Waals surface area (Å²) in [7, 11) is 0. The molecule has 7 nitrogen and oxygen atoms in total. The SMILES string of the molecule is Cc1cc(NC(=O)CSc2n[nH]c(C(C)C)n2)no1. The van der Waals surface area contributed by atoms with E-state index in [2.05, 4.69) is 25.7 Å². The number of thioether (sulfide) groups is 1. The molecule has 0 saturated carbocycles. The Morgan fingerprint density at radius 1 is 1.58 bits per heavy atom. The summed E-state index contributed by atoms with van der Waals surface area (Å²) in [5.41, 5.74) is 0. The molecule has 0 radical (unpaired) electrons. The molecule has 102 valence electrons. The molecule has 1 amide bonds. The minimum Gasteiger partial charge on any atom is -0.360 e. The number of amides is 1. The van der Waals surface area contributed by atoms with E-state index >= 15 is 0 Å². The molecular formula is C11H15N5O2S. The molecule has 0 atom stereocenters. The Kier molecular flexibility index (Phi) is 4.20. The van der Waals surface area contributed by atoms with Gasteiger partial charge in [0.05, 0.1) is 5.75 Å². The number of nitrogens with zero attached hydrogens (tertiary/aromatic N) is 3. The second kappa shape index (κ2) is 5.87. The molecule has 19 heavy (non-hydrogen) atoms. The Morgan fingerprint density at radius 2 is 2.37 bits per heavy atom. The molecule has 0 aromatic carbocycles. The van der Waals surface area contributed by atoms with Gasteiger partial charge in [-0.3, -0.25) is 9.89 Å². The van der Waals surface area contributed by atoms with Crippen molar-refractivity contribution in [2.45, 2.75) is 31.8 Å². The number of hydrogen-bond donors (Lipinski definition) is 2. The standard InChI is InChI=1S/C11H15N5O2S/c1-6(2)10-13-11(15-14-10)19-5-9(17)12-8-4-7(3)18-16-8/h4,6H,5H2,1-3H3,(H,12,16,17)(H,13,14,15). The van der Waals surface area contributed by atoms with Crippen molar-refractivity contribution in [1.82, 2.24) is 20.3 Å². The van der Waals surface area contributed by atoms with Crippen LogP contribution in [0.3, 0.4) is 0 Å². The monoisotopic (exact) mass is 281 g/mol. The lowest BCUT2D eigenvalue weighted by Crippen LogP contribution is -2.14. The molecule has 2 aromatic rings. The van der Waals surface area contributed by atoms with Crippen LogP contribution in [0.25, 0.3) is 0 Å². The summed E-state index contributed by atoms with van der Waals surface area (Å²) in [5, 5.41) is 13.8. The van der Waals surface area contributed by atoms with Gasteiger partial charge in [0.1, 0.15) is 11.6 Å². The lowest BCUT2D eigenvalue weighted by molar-refractivity contribution is -0.113. The van der Waals surface area contributed by atoms with Gasteiger partial charge in [-0.25, -0.2) is 4.98 Å². The summed E-state index contributed by atoms with van der Waals surface area (Å²) in [5.74, 6) is 2.22. The lowest BCUT2D eigenvalue weighted by Gasteiger charge is -1.98. The van der Waals surface area contributed by atoms with Gasteiger partial charge in [-0.2, -0.15) is 0 Å². The fraction of sp³-hybridized carbons (Fsp3) is 0.455. The van der Waals surface area contributed by atoms with E-state index in [1.165, 1.54) is 11.8 Å². The Morgan fingerprint density at radius 3 is 2.95 bits per heavy atom. The molecular weight excluding hydrogens is 266 g/mol. The predicted molar refractivity (Wildman–Crippen MR) is 71.1 cm³/mol. The Labute approximate surface area is 114 Å². The summed E-state index contributed by atoms with van der Waals surface area (Å²) < 4.78 is 4.86. The van der Waals surface area contributed by atoms with Gasteiger partial charge in [0.2, 0.25) is 11.1 Å². The third kappa shape index (κ3) is 3.82. The van der Waals surface area contributed by atoms with Crippen molar-refractivity contribution in [3.05, 3.63) is 17.7 Å². The molecule has 0 spiro atoms. The highest BCUT2D eigenvalue weighted by atomic mass is 32.2. The van der Waals surface area contributed by atoms with Gasteiger partial charge in [-0.15, -0.1) is 5.10 Å². The smallest absolute Gasteiger partial charge is 0.236 e. The number of rotatable bonds is 5. The molecule has 8 heteroatoms. The van der Waals surface area contributed by atoms with Gasteiger partial charge in [0.15, 0.2) is 5.82 Å². The Hall–Kier alpha value is -1.83. The number of carbonyl (C=O) groups is 1. The normalized spacial score (nSPS) is 10.9. The summed E-state index contributed by atoms with van der Waals surface area (Å²) in [4.78, 5) is 15.9. The zero-order valence-electron chi connectivity index (χ0n) is 10.9. The maximum absolute atomic E-state index is 11.7.